The van der Waals surface area contributed by atoms with E-state index in [-0.39, 0.29) is 47.9 Å². The van der Waals surface area contributed by atoms with Crippen molar-refractivity contribution >= 4 is 40.1 Å². The third kappa shape index (κ3) is 7.93. The minimum Gasteiger partial charge on any atom is -0.508 e. The fourth-order valence-corrected chi connectivity index (χ4v) is 12.5. The van der Waals surface area contributed by atoms with Gasteiger partial charge in [-0.1, -0.05) is 30.6 Å². The van der Waals surface area contributed by atoms with E-state index in [0.717, 1.165) is 75.6 Å². The molecule has 2 spiro atoms. The number of guanidine groups is 1. The van der Waals surface area contributed by atoms with Crippen LogP contribution in [0.2, 0.25) is 0 Å². The number of Topliss-reactive ketones (excluding diaryl/α,β-unsaturated/α-hetero) is 1. The lowest BCUT2D eigenvalue weighted by molar-refractivity contribution is 0.00632. The van der Waals surface area contributed by atoms with Crippen LogP contribution in [0, 0.1) is 58.2 Å². The first kappa shape index (κ1) is 39.4. The van der Waals surface area contributed by atoms with Crippen LogP contribution in [0.15, 0.2) is 41.4 Å². The molecule has 1 aromatic carbocycles. The molecule has 8 N–H and O–H groups in total. The van der Waals surface area contributed by atoms with Crippen molar-refractivity contribution < 1.29 is 25.2 Å². The summed E-state index contributed by atoms with van der Waals surface area (Å²) in [5, 5.41) is 50.2. The van der Waals surface area contributed by atoms with Crippen LogP contribution < -0.4 is 16.4 Å². The molecule has 3 aromatic rings. The SMILES string of the molecule is CC#Cc1ccc(-c2ccc(C(=O)C3CCC4CC35CC(C(O)CO)C(C5)C3(C#Cc5c(cc(O)cc5NCC(C)O)CC4NC(N)=NC)CCCC3)s2)s1. The first-order valence-electron chi connectivity index (χ1n) is 19.7. The number of carbonyl (C=O) groups is 1. The number of anilines is 1. The number of thiophene rings is 2. The Kier molecular flexibility index (Phi) is 11.7. The number of ketones is 1. The number of rotatable bonds is 9. The number of nitrogens with two attached hydrogens (primary N) is 1. The molecule has 0 saturated heterocycles. The van der Waals surface area contributed by atoms with E-state index in [0.29, 0.717) is 37.5 Å². The average Bonchev–Trinajstić information content (AvgIpc) is 4.00. The molecule has 9 nitrogen and oxygen atoms in total. The fourth-order valence-electron chi connectivity index (χ4n) is 10.5. The van der Waals surface area contributed by atoms with Crippen LogP contribution in [0.1, 0.15) is 97.3 Å². The molecule has 3 saturated carbocycles. The molecule has 2 aromatic heterocycles. The number of aliphatic hydroxyl groups is 3. The first-order chi connectivity index (χ1) is 26.5. The van der Waals surface area contributed by atoms with Crippen LogP contribution in [-0.4, -0.2) is 70.6 Å². The van der Waals surface area contributed by atoms with E-state index in [1.807, 2.05) is 19.1 Å². The molecule has 3 fully saturated rings. The fraction of sp³-hybridized carbons (Fsp3) is 0.545. The number of carbonyl (C=O) groups excluding carboxylic acids is 1. The molecule has 3 bridgehead atoms. The maximum atomic E-state index is 15.0. The summed E-state index contributed by atoms with van der Waals surface area (Å²) in [4.78, 5) is 23.1. The summed E-state index contributed by atoms with van der Waals surface area (Å²) in [6.45, 7) is 3.50. The molecular weight excluding hydrogens is 729 g/mol. The van der Waals surface area contributed by atoms with Gasteiger partial charge in [-0.2, -0.15) is 0 Å². The van der Waals surface area contributed by atoms with Gasteiger partial charge in [0.15, 0.2) is 11.7 Å². The van der Waals surface area contributed by atoms with Crippen LogP contribution in [0.4, 0.5) is 5.69 Å². The topological polar surface area (TPSA) is 160 Å². The van der Waals surface area contributed by atoms with Crippen molar-refractivity contribution in [2.45, 2.75) is 96.3 Å². The van der Waals surface area contributed by atoms with E-state index >= 15 is 0 Å². The second-order valence-electron chi connectivity index (χ2n) is 16.4. The number of fused-ring (bicyclic) bond motifs is 4. The Morgan fingerprint density at radius 2 is 1.85 bits per heavy atom. The number of benzene rings is 1. The van der Waals surface area contributed by atoms with Crippen molar-refractivity contribution in [3.05, 3.63) is 57.3 Å². The van der Waals surface area contributed by atoms with Crippen molar-refractivity contribution in [2.24, 2.45) is 45.2 Å². The van der Waals surface area contributed by atoms with Crippen molar-refractivity contribution in [2.75, 3.05) is 25.5 Å². The van der Waals surface area contributed by atoms with Gasteiger partial charge in [-0.25, -0.2) is 0 Å². The number of nitrogens with one attached hydrogen (secondary N) is 2. The Labute approximate surface area is 332 Å². The first-order valence-corrected chi connectivity index (χ1v) is 21.4. The summed E-state index contributed by atoms with van der Waals surface area (Å²) in [6, 6.07) is 11.4. The Morgan fingerprint density at radius 3 is 2.58 bits per heavy atom. The van der Waals surface area contributed by atoms with Gasteiger partial charge in [0.25, 0.3) is 0 Å². The highest BCUT2D eigenvalue weighted by Crippen LogP contribution is 2.65. The molecule has 0 radical (unpaired) electrons. The Hall–Kier alpha value is -3.84. The summed E-state index contributed by atoms with van der Waals surface area (Å²) in [7, 11) is 1.66. The number of phenolic OH excluding ortho intramolecular Hbond substituents is 1. The normalized spacial score (nSPS) is 28.0. The van der Waals surface area contributed by atoms with Gasteiger partial charge in [0.1, 0.15) is 5.75 Å². The van der Waals surface area contributed by atoms with Gasteiger partial charge in [0.05, 0.1) is 39.8 Å². The molecule has 292 valence electrons. The molecule has 8 atom stereocenters. The summed E-state index contributed by atoms with van der Waals surface area (Å²) < 4.78 is 0. The highest BCUT2D eigenvalue weighted by atomic mass is 32.1. The Bertz CT molecular complexity index is 2040. The van der Waals surface area contributed by atoms with E-state index < -0.39 is 23.0 Å². The maximum Gasteiger partial charge on any atom is 0.188 e. The van der Waals surface area contributed by atoms with Crippen molar-refractivity contribution in [3.63, 3.8) is 0 Å². The lowest BCUT2D eigenvalue weighted by Crippen LogP contribution is -2.50. The van der Waals surface area contributed by atoms with E-state index in [9.17, 15) is 25.2 Å². The molecule has 2 heterocycles. The molecule has 7 rings (SSSR count). The summed E-state index contributed by atoms with van der Waals surface area (Å²) in [5.41, 5.74) is 7.88. The number of hydrogen-bond acceptors (Lipinski definition) is 9. The lowest BCUT2D eigenvalue weighted by Gasteiger charge is -2.47. The van der Waals surface area contributed by atoms with E-state index in [1.165, 1.54) is 0 Å². The summed E-state index contributed by atoms with van der Waals surface area (Å²) in [6.07, 6.45) is 6.39. The third-order valence-electron chi connectivity index (χ3n) is 13.0. The third-order valence-corrected chi connectivity index (χ3v) is 15.3. The zero-order valence-electron chi connectivity index (χ0n) is 32.0. The Morgan fingerprint density at radius 1 is 1.09 bits per heavy atom. The van der Waals surface area contributed by atoms with Crippen molar-refractivity contribution in [1.29, 1.82) is 0 Å². The quantitative estimate of drug-likeness (QED) is 0.0570. The molecule has 11 heteroatoms. The average molecular weight is 783 g/mol. The zero-order valence-corrected chi connectivity index (χ0v) is 33.7. The molecule has 0 amide bonds. The number of nitrogens with zero attached hydrogens (tertiary/aromatic N) is 1. The van der Waals surface area contributed by atoms with E-state index in [4.69, 9.17) is 5.73 Å². The standard InChI is InChI=1S/C44H54N4O5S2/c1-4-7-30-9-11-38(54-30)39-12-13-40(55-39)41(53)33-10-8-27-21-44(33)22-32(37(52)25-49)34(23-44)43(15-5-6-16-43)17-14-31-28(19-35(27)48-42(45)46-3)18-29(51)20-36(31)47-24-26(2)50/h9,11-13,18,20,26-27,32-35,37,47,49-52H,5-6,8,10,15-16,19,21-25H2,1-3H3,(H3,45,46,48). The second-order valence-corrected chi connectivity index (χ2v) is 18.6. The minimum atomic E-state index is -0.929. The zero-order chi connectivity index (χ0) is 38.9. The molecule has 4 aliphatic rings. The van der Waals surface area contributed by atoms with E-state index in [1.54, 1.807) is 48.8 Å². The van der Waals surface area contributed by atoms with Crippen LogP contribution in [0.3, 0.4) is 0 Å². The van der Waals surface area contributed by atoms with E-state index in [2.05, 4.69) is 51.4 Å². The van der Waals surface area contributed by atoms with Crippen LogP contribution >= 0.6 is 22.7 Å². The lowest BCUT2D eigenvalue weighted by atomic mass is 9.57. The highest BCUT2D eigenvalue weighted by Gasteiger charge is 2.60. The van der Waals surface area contributed by atoms with Gasteiger partial charge in [0, 0.05) is 46.8 Å². The minimum absolute atomic E-state index is 0.0237. The van der Waals surface area contributed by atoms with Crippen molar-refractivity contribution in [3.8, 4) is 39.2 Å². The Balaban J connectivity index is 1.35. The highest BCUT2D eigenvalue weighted by molar-refractivity contribution is 7.23. The second kappa shape index (κ2) is 16.3. The molecule has 4 aliphatic carbocycles. The largest absolute Gasteiger partial charge is 0.508 e. The van der Waals surface area contributed by atoms with Gasteiger partial charge >= 0.3 is 0 Å². The van der Waals surface area contributed by atoms with Crippen molar-refractivity contribution in [1.82, 2.24) is 5.32 Å². The van der Waals surface area contributed by atoms with Gasteiger partial charge < -0.3 is 36.8 Å². The predicted octanol–water partition coefficient (Wildman–Crippen LogP) is 6.38. The molecule has 8 unspecified atom stereocenters. The number of aromatic hydroxyl groups is 1. The summed E-state index contributed by atoms with van der Waals surface area (Å²) >= 11 is 3.19. The molecular formula is C44H54N4O5S2. The van der Waals surface area contributed by atoms with Crippen LogP contribution in [0.5, 0.6) is 5.75 Å². The predicted molar refractivity (Wildman–Crippen MR) is 221 cm³/mol. The summed E-state index contributed by atoms with van der Waals surface area (Å²) in [5.74, 6) is 13.7. The van der Waals surface area contributed by atoms with Gasteiger partial charge in [-0.15, -0.1) is 28.6 Å². The van der Waals surface area contributed by atoms with Gasteiger partial charge in [-0.3, -0.25) is 9.79 Å². The number of phenols is 1. The smallest absolute Gasteiger partial charge is 0.188 e. The van der Waals surface area contributed by atoms with Gasteiger partial charge in [-0.05, 0) is 124 Å². The van der Waals surface area contributed by atoms with Gasteiger partial charge in [0.2, 0.25) is 0 Å². The number of aliphatic imine (C=N–C) groups is 1. The molecule has 55 heavy (non-hydrogen) atoms. The van der Waals surface area contributed by atoms with Crippen LogP contribution in [0.25, 0.3) is 9.75 Å². The maximum absolute atomic E-state index is 15.0. The number of aliphatic hydroxyl groups excluding tert-OH is 3. The monoisotopic (exact) mass is 782 g/mol. The molecule has 0 aliphatic heterocycles. The number of hydrogen-bond donors (Lipinski definition) is 7. The van der Waals surface area contributed by atoms with Crippen LogP contribution in [-0.2, 0) is 6.42 Å².